The van der Waals surface area contributed by atoms with Gasteiger partial charge >= 0.3 is 0 Å². The molecule has 1 aliphatic heterocycles. The Balaban J connectivity index is 2.06. The van der Waals surface area contributed by atoms with Crippen LogP contribution < -0.4 is 9.47 Å². The standard InChI is InChI=1S/C19H30N2O3/c1-5-21(6-2)19(22)15-8-7-11-20(13-15)14-16-12-17(23-3)9-10-18(16)24-4/h9-10,12,15H,5-8,11,13-14H2,1-4H3/t15-/m0/s1. The van der Waals surface area contributed by atoms with Crippen LogP contribution in [0, 0.1) is 5.92 Å². The molecule has 1 aromatic carbocycles. The molecule has 0 radical (unpaired) electrons. The van der Waals surface area contributed by atoms with Gasteiger partial charge in [0.1, 0.15) is 11.5 Å². The lowest BCUT2D eigenvalue weighted by Crippen LogP contribution is -2.44. The Morgan fingerprint density at radius 3 is 2.62 bits per heavy atom. The lowest BCUT2D eigenvalue weighted by molar-refractivity contribution is -0.137. The summed E-state index contributed by atoms with van der Waals surface area (Å²) in [7, 11) is 3.36. The van der Waals surface area contributed by atoms with Gasteiger partial charge in [-0.05, 0) is 51.4 Å². The normalized spacial score (nSPS) is 18.2. The molecule has 1 aromatic rings. The second-order valence-corrected chi connectivity index (χ2v) is 6.26. The predicted molar refractivity (Wildman–Crippen MR) is 95.5 cm³/mol. The van der Waals surface area contributed by atoms with Crippen LogP contribution in [0.25, 0.3) is 0 Å². The fraction of sp³-hybridized carbons (Fsp3) is 0.632. The summed E-state index contributed by atoms with van der Waals surface area (Å²) in [5.74, 6) is 2.10. The van der Waals surface area contributed by atoms with Gasteiger partial charge in [0.05, 0.1) is 20.1 Å². The van der Waals surface area contributed by atoms with E-state index < -0.39 is 0 Å². The predicted octanol–water partition coefficient (Wildman–Crippen LogP) is 2.78. The Bertz CT molecular complexity index is 543. The fourth-order valence-electron chi connectivity index (χ4n) is 3.44. The number of carbonyl (C=O) groups is 1. The number of carbonyl (C=O) groups excluding carboxylic acids is 1. The summed E-state index contributed by atoms with van der Waals surface area (Å²) < 4.78 is 10.8. The number of rotatable bonds is 7. The number of nitrogens with zero attached hydrogens (tertiary/aromatic N) is 2. The molecule has 0 aromatic heterocycles. The first kappa shape index (κ1) is 18.6. The molecular formula is C19H30N2O3. The monoisotopic (exact) mass is 334 g/mol. The van der Waals surface area contributed by atoms with Gasteiger partial charge in [-0.3, -0.25) is 9.69 Å². The molecule has 2 rings (SSSR count). The van der Waals surface area contributed by atoms with Gasteiger partial charge in [-0.25, -0.2) is 0 Å². The number of likely N-dealkylation sites (tertiary alicyclic amines) is 1. The largest absolute Gasteiger partial charge is 0.497 e. The molecule has 0 bridgehead atoms. The van der Waals surface area contributed by atoms with Crippen LogP contribution in [-0.4, -0.2) is 56.1 Å². The van der Waals surface area contributed by atoms with E-state index in [1.807, 2.05) is 36.9 Å². The summed E-state index contributed by atoms with van der Waals surface area (Å²) in [5.41, 5.74) is 1.10. The van der Waals surface area contributed by atoms with Crippen molar-refractivity contribution in [2.75, 3.05) is 40.4 Å². The summed E-state index contributed by atoms with van der Waals surface area (Å²) >= 11 is 0. The molecular weight excluding hydrogens is 304 g/mol. The van der Waals surface area contributed by atoms with Crippen LogP contribution in [0.15, 0.2) is 18.2 Å². The molecule has 24 heavy (non-hydrogen) atoms. The van der Waals surface area contributed by atoms with Gasteiger partial charge in [-0.1, -0.05) is 0 Å². The zero-order chi connectivity index (χ0) is 17.5. The van der Waals surface area contributed by atoms with Crippen molar-refractivity contribution >= 4 is 5.91 Å². The maximum Gasteiger partial charge on any atom is 0.226 e. The molecule has 1 heterocycles. The minimum Gasteiger partial charge on any atom is -0.497 e. The van der Waals surface area contributed by atoms with E-state index >= 15 is 0 Å². The van der Waals surface area contributed by atoms with Crippen molar-refractivity contribution in [2.45, 2.75) is 33.2 Å². The molecule has 1 saturated heterocycles. The smallest absolute Gasteiger partial charge is 0.226 e. The van der Waals surface area contributed by atoms with Gasteiger partial charge in [0.2, 0.25) is 5.91 Å². The number of ether oxygens (including phenoxy) is 2. The van der Waals surface area contributed by atoms with E-state index in [-0.39, 0.29) is 5.92 Å². The number of hydrogen-bond donors (Lipinski definition) is 0. The molecule has 5 nitrogen and oxygen atoms in total. The van der Waals surface area contributed by atoms with Crippen LogP contribution in [0.1, 0.15) is 32.3 Å². The van der Waals surface area contributed by atoms with Gasteiger partial charge in [-0.15, -0.1) is 0 Å². The van der Waals surface area contributed by atoms with Crippen LogP contribution in [0.4, 0.5) is 0 Å². The molecule has 1 amide bonds. The third-order valence-corrected chi connectivity index (χ3v) is 4.81. The van der Waals surface area contributed by atoms with Gasteiger partial charge in [0.25, 0.3) is 0 Å². The summed E-state index contributed by atoms with van der Waals surface area (Å²) in [6, 6.07) is 5.87. The second kappa shape index (κ2) is 8.92. The average Bonchev–Trinajstić information content (AvgIpc) is 2.62. The van der Waals surface area contributed by atoms with Crippen LogP contribution >= 0.6 is 0 Å². The van der Waals surface area contributed by atoms with Crippen molar-refractivity contribution in [3.8, 4) is 11.5 Å². The highest BCUT2D eigenvalue weighted by Gasteiger charge is 2.28. The van der Waals surface area contributed by atoms with Gasteiger partial charge in [0, 0.05) is 31.7 Å². The van der Waals surface area contributed by atoms with Crippen LogP contribution in [0.3, 0.4) is 0 Å². The number of piperidine rings is 1. The molecule has 0 aliphatic carbocycles. The Morgan fingerprint density at radius 2 is 2.00 bits per heavy atom. The molecule has 0 unspecified atom stereocenters. The van der Waals surface area contributed by atoms with E-state index in [0.717, 1.165) is 62.6 Å². The van der Waals surface area contributed by atoms with Crippen LogP contribution in [0.5, 0.6) is 11.5 Å². The van der Waals surface area contributed by atoms with Crippen molar-refractivity contribution < 1.29 is 14.3 Å². The van der Waals surface area contributed by atoms with Crippen molar-refractivity contribution in [3.63, 3.8) is 0 Å². The third-order valence-electron chi connectivity index (χ3n) is 4.81. The molecule has 0 saturated carbocycles. The third kappa shape index (κ3) is 4.41. The summed E-state index contributed by atoms with van der Waals surface area (Å²) in [6.45, 7) is 8.28. The molecule has 134 valence electrons. The highest BCUT2D eigenvalue weighted by Crippen LogP contribution is 2.27. The maximum absolute atomic E-state index is 12.6. The topological polar surface area (TPSA) is 42.0 Å². The van der Waals surface area contributed by atoms with E-state index in [2.05, 4.69) is 4.90 Å². The molecule has 0 spiro atoms. The van der Waals surface area contributed by atoms with Gasteiger partial charge < -0.3 is 14.4 Å². The van der Waals surface area contributed by atoms with Gasteiger partial charge in [-0.2, -0.15) is 0 Å². The Morgan fingerprint density at radius 1 is 1.25 bits per heavy atom. The fourth-order valence-corrected chi connectivity index (χ4v) is 3.44. The van der Waals surface area contributed by atoms with E-state index in [1.165, 1.54) is 0 Å². The van der Waals surface area contributed by atoms with E-state index in [0.29, 0.717) is 5.91 Å². The Labute approximate surface area is 145 Å². The number of amides is 1. The highest BCUT2D eigenvalue weighted by atomic mass is 16.5. The minimum absolute atomic E-state index is 0.107. The van der Waals surface area contributed by atoms with E-state index in [4.69, 9.17) is 9.47 Å². The van der Waals surface area contributed by atoms with Crippen LogP contribution in [-0.2, 0) is 11.3 Å². The molecule has 0 N–H and O–H groups in total. The van der Waals surface area contributed by atoms with Crippen molar-refractivity contribution in [2.24, 2.45) is 5.92 Å². The SMILES string of the molecule is CCN(CC)C(=O)[C@H]1CCCN(Cc2cc(OC)ccc2OC)C1. The minimum atomic E-state index is 0.107. The van der Waals surface area contributed by atoms with Crippen molar-refractivity contribution in [3.05, 3.63) is 23.8 Å². The maximum atomic E-state index is 12.6. The highest BCUT2D eigenvalue weighted by molar-refractivity contribution is 5.79. The van der Waals surface area contributed by atoms with E-state index in [1.54, 1.807) is 14.2 Å². The number of benzene rings is 1. The average molecular weight is 334 g/mol. The first-order chi connectivity index (χ1) is 11.6. The first-order valence-electron chi connectivity index (χ1n) is 8.84. The summed E-state index contributed by atoms with van der Waals surface area (Å²) in [5, 5.41) is 0. The molecule has 5 heteroatoms. The number of hydrogen-bond acceptors (Lipinski definition) is 4. The first-order valence-corrected chi connectivity index (χ1v) is 8.84. The lowest BCUT2D eigenvalue weighted by Gasteiger charge is -2.34. The molecule has 1 aliphatic rings. The van der Waals surface area contributed by atoms with Gasteiger partial charge in [0.15, 0.2) is 0 Å². The zero-order valence-electron chi connectivity index (χ0n) is 15.4. The number of methoxy groups -OCH3 is 2. The summed E-state index contributed by atoms with van der Waals surface area (Å²) in [6.07, 6.45) is 2.05. The second-order valence-electron chi connectivity index (χ2n) is 6.26. The quantitative estimate of drug-likeness (QED) is 0.769. The van der Waals surface area contributed by atoms with E-state index in [9.17, 15) is 4.79 Å². The van der Waals surface area contributed by atoms with Crippen LogP contribution in [0.2, 0.25) is 0 Å². The molecule has 1 fully saturated rings. The summed E-state index contributed by atoms with van der Waals surface area (Å²) in [4.78, 5) is 16.9. The zero-order valence-corrected chi connectivity index (χ0v) is 15.4. The Hall–Kier alpha value is -1.75. The lowest BCUT2D eigenvalue weighted by atomic mass is 9.96. The van der Waals surface area contributed by atoms with Crippen molar-refractivity contribution in [1.82, 2.24) is 9.80 Å². The molecule has 1 atom stereocenters. The van der Waals surface area contributed by atoms with Crippen molar-refractivity contribution in [1.29, 1.82) is 0 Å². The Kier molecular flexibility index (Phi) is 6.91.